The molecule has 10 nitrogen and oxygen atoms in total. The molecule has 0 saturated carbocycles. The smallest absolute Gasteiger partial charge is 0.253 e. The lowest BCUT2D eigenvalue weighted by Gasteiger charge is -2.34. The highest BCUT2D eigenvalue weighted by Crippen LogP contribution is 2.34. The Labute approximate surface area is 220 Å². The van der Waals surface area contributed by atoms with E-state index in [0.717, 1.165) is 5.56 Å². The van der Waals surface area contributed by atoms with Gasteiger partial charge in [0, 0.05) is 44.2 Å². The SMILES string of the molecule is NC(=O)c1ccccc1OCCc1cccc(C(=O)N2CCN(S(=O)(=O)c3ccc4c(c3)OCO4)CC2)c1. The Morgan fingerprint density at radius 2 is 1.66 bits per heavy atom. The van der Waals surface area contributed by atoms with Gasteiger partial charge in [0.2, 0.25) is 16.8 Å². The molecule has 0 aromatic heterocycles. The molecule has 198 valence electrons. The summed E-state index contributed by atoms with van der Waals surface area (Å²) in [6.45, 7) is 1.31. The fraction of sp³-hybridized carbons (Fsp3) is 0.259. The Bertz CT molecular complexity index is 1470. The van der Waals surface area contributed by atoms with E-state index in [-0.39, 0.29) is 43.8 Å². The van der Waals surface area contributed by atoms with E-state index in [1.807, 2.05) is 6.07 Å². The van der Waals surface area contributed by atoms with Crippen molar-refractivity contribution in [1.29, 1.82) is 0 Å². The summed E-state index contributed by atoms with van der Waals surface area (Å²) in [7, 11) is -3.73. The molecule has 0 aliphatic carbocycles. The maximum absolute atomic E-state index is 13.2. The summed E-state index contributed by atoms with van der Waals surface area (Å²) in [4.78, 5) is 26.5. The van der Waals surface area contributed by atoms with Crippen LogP contribution < -0.4 is 19.9 Å². The Kier molecular flexibility index (Phi) is 7.21. The molecular weight excluding hydrogens is 510 g/mol. The van der Waals surface area contributed by atoms with Gasteiger partial charge in [-0.25, -0.2) is 8.42 Å². The summed E-state index contributed by atoms with van der Waals surface area (Å²) >= 11 is 0. The largest absolute Gasteiger partial charge is 0.492 e. The number of piperazine rings is 1. The molecule has 2 N–H and O–H groups in total. The van der Waals surface area contributed by atoms with E-state index in [1.54, 1.807) is 53.4 Å². The van der Waals surface area contributed by atoms with Gasteiger partial charge in [-0.2, -0.15) is 4.31 Å². The van der Waals surface area contributed by atoms with Crippen LogP contribution in [0.1, 0.15) is 26.3 Å². The van der Waals surface area contributed by atoms with E-state index < -0.39 is 15.9 Å². The molecule has 5 rings (SSSR count). The van der Waals surface area contributed by atoms with E-state index in [9.17, 15) is 18.0 Å². The normalized spacial score (nSPS) is 15.3. The van der Waals surface area contributed by atoms with Crippen LogP contribution in [0.3, 0.4) is 0 Å². The summed E-state index contributed by atoms with van der Waals surface area (Å²) in [6, 6.07) is 18.6. The second-order valence-electron chi connectivity index (χ2n) is 8.87. The van der Waals surface area contributed by atoms with Crippen molar-refractivity contribution in [1.82, 2.24) is 9.21 Å². The summed E-state index contributed by atoms with van der Waals surface area (Å²) in [6.07, 6.45) is 0.524. The molecular formula is C27H27N3O7S. The topological polar surface area (TPSA) is 128 Å². The van der Waals surface area contributed by atoms with Gasteiger partial charge in [-0.1, -0.05) is 24.3 Å². The lowest BCUT2D eigenvalue weighted by molar-refractivity contribution is 0.0697. The summed E-state index contributed by atoms with van der Waals surface area (Å²) < 4.78 is 44.0. The van der Waals surface area contributed by atoms with Crippen LogP contribution in [0.2, 0.25) is 0 Å². The third-order valence-corrected chi connectivity index (χ3v) is 8.38. The number of nitrogens with zero attached hydrogens (tertiary/aromatic N) is 2. The van der Waals surface area contributed by atoms with Gasteiger partial charge in [0.1, 0.15) is 5.75 Å². The van der Waals surface area contributed by atoms with Crippen LogP contribution in [-0.2, 0) is 16.4 Å². The van der Waals surface area contributed by atoms with E-state index >= 15 is 0 Å². The van der Waals surface area contributed by atoms with Crippen molar-refractivity contribution >= 4 is 21.8 Å². The molecule has 3 aromatic carbocycles. The minimum Gasteiger partial charge on any atom is -0.492 e. The fourth-order valence-electron chi connectivity index (χ4n) is 4.44. The maximum Gasteiger partial charge on any atom is 0.253 e. The molecule has 0 spiro atoms. The minimum atomic E-state index is -3.73. The van der Waals surface area contributed by atoms with Crippen molar-refractivity contribution in [2.75, 3.05) is 39.6 Å². The van der Waals surface area contributed by atoms with Crippen molar-refractivity contribution < 1.29 is 32.2 Å². The van der Waals surface area contributed by atoms with Crippen LogP contribution in [0.4, 0.5) is 0 Å². The number of amides is 2. The van der Waals surface area contributed by atoms with Crippen LogP contribution in [-0.4, -0.2) is 69.0 Å². The zero-order valence-corrected chi connectivity index (χ0v) is 21.4. The number of fused-ring (bicyclic) bond motifs is 1. The molecule has 0 radical (unpaired) electrons. The van der Waals surface area contributed by atoms with Crippen LogP contribution >= 0.6 is 0 Å². The molecule has 2 amide bonds. The van der Waals surface area contributed by atoms with Crippen LogP contribution in [0.5, 0.6) is 17.2 Å². The first-order valence-corrected chi connectivity index (χ1v) is 13.6. The van der Waals surface area contributed by atoms with E-state index in [4.69, 9.17) is 19.9 Å². The molecule has 1 saturated heterocycles. The number of rotatable bonds is 8. The first kappa shape index (κ1) is 25.6. The number of carbonyl (C=O) groups excluding carboxylic acids is 2. The van der Waals surface area contributed by atoms with Crippen LogP contribution in [0, 0.1) is 0 Å². The summed E-state index contributed by atoms with van der Waals surface area (Å²) in [5.74, 6) is 0.621. The van der Waals surface area contributed by atoms with E-state index in [1.165, 1.54) is 16.4 Å². The fourth-order valence-corrected chi connectivity index (χ4v) is 5.87. The predicted molar refractivity (Wildman–Crippen MR) is 138 cm³/mol. The van der Waals surface area contributed by atoms with Gasteiger partial charge in [-0.05, 0) is 42.0 Å². The Morgan fingerprint density at radius 3 is 2.45 bits per heavy atom. The van der Waals surface area contributed by atoms with Crippen molar-refractivity contribution in [2.45, 2.75) is 11.3 Å². The standard InChI is InChI=1S/C27H27N3O7S/c28-26(31)22-6-1-2-7-23(22)35-15-10-19-4-3-5-20(16-19)27(32)29-11-13-30(14-12-29)38(33,34)21-8-9-24-25(17-21)37-18-36-24/h1-9,16-17H,10-15,18H2,(H2,28,31). The van der Waals surface area contributed by atoms with Crippen molar-refractivity contribution in [2.24, 2.45) is 5.73 Å². The first-order valence-electron chi connectivity index (χ1n) is 12.1. The molecule has 0 atom stereocenters. The van der Waals surface area contributed by atoms with Gasteiger partial charge in [-0.15, -0.1) is 0 Å². The second-order valence-corrected chi connectivity index (χ2v) is 10.8. The number of benzene rings is 3. The quantitative estimate of drug-likeness (QED) is 0.467. The number of sulfonamides is 1. The van der Waals surface area contributed by atoms with Gasteiger partial charge in [0.05, 0.1) is 17.1 Å². The maximum atomic E-state index is 13.2. The minimum absolute atomic E-state index is 0.0666. The van der Waals surface area contributed by atoms with Gasteiger partial charge < -0.3 is 24.8 Å². The number of hydrogen-bond donors (Lipinski definition) is 1. The van der Waals surface area contributed by atoms with E-state index in [0.29, 0.717) is 41.4 Å². The molecule has 38 heavy (non-hydrogen) atoms. The molecule has 2 aliphatic heterocycles. The molecule has 2 aliphatic rings. The van der Waals surface area contributed by atoms with Gasteiger partial charge in [0.15, 0.2) is 11.5 Å². The van der Waals surface area contributed by atoms with Gasteiger partial charge in [0.25, 0.3) is 11.8 Å². The molecule has 11 heteroatoms. The number of primary amides is 1. The molecule has 0 unspecified atom stereocenters. The average Bonchev–Trinajstić information content (AvgIpc) is 3.41. The third kappa shape index (κ3) is 5.29. The summed E-state index contributed by atoms with van der Waals surface area (Å²) in [5, 5.41) is 0. The van der Waals surface area contributed by atoms with Crippen LogP contribution in [0.25, 0.3) is 0 Å². The zero-order chi connectivity index (χ0) is 26.7. The number of nitrogens with two attached hydrogens (primary N) is 1. The third-order valence-electron chi connectivity index (χ3n) is 6.48. The van der Waals surface area contributed by atoms with E-state index in [2.05, 4.69) is 0 Å². The number of ether oxygens (including phenoxy) is 3. The predicted octanol–water partition coefficient (Wildman–Crippen LogP) is 2.28. The lowest BCUT2D eigenvalue weighted by atomic mass is 10.1. The number of hydrogen-bond acceptors (Lipinski definition) is 7. The lowest BCUT2D eigenvalue weighted by Crippen LogP contribution is -2.50. The Balaban J connectivity index is 1.18. The second kappa shape index (κ2) is 10.7. The van der Waals surface area contributed by atoms with Gasteiger partial charge in [-0.3, -0.25) is 9.59 Å². The van der Waals surface area contributed by atoms with Crippen molar-refractivity contribution in [3.05, 3.63) is 83.4 Å². The van der Waals surface area contributed by atoms with Crippen molar-refractivity contribution in [3.63, 3.8) is 0 Å². The van der Waals surface area contributed by atoms with Gasteiger partial charge >= 0.3 is 0 Å². The molecule has 2 heterocycles. The average molecular weight is 538 g/mol. The zero-order valence-electron chi connectivity index (χ0n) is 20.5. The number of para-hydroxylation sites is 1. The highest BCUT2D eigenvalue weighted by Gasteiger charge is 2.31. The van der Waals surface area contributed by atoms with Crippen LogP contribution in [0.15, 0.2) is 71.6 Å². The highest BCUT2D eigenvalue weighted by atomic mass is 32.2. The summed E-state index contributed by atoms with van der Waals surface area (Å²) in [5.41, 5.74) is 7.13. The molecule has 3 aromatic rings. The van der Waals surface area contributed by atoms with Crippen molar-refractivity contribution in [3.8, 4) is 17.2 Å². The molecule has 1 fully saturated rings. The molecule has 0 bridgehead atoms. The monoisotopic (exact) mass is 537 g/mol. The Hall–Kier alpha value is -4.09. The number of carbonyl (C=O) groups is 2. The highest BCUT2D eigenvalue weighted by molar-refractivity contribution is 7.89. The first-order chi connectivity index (χ1) is 18.3. The Morgan fingerprint density at radius 1 is 0.895 bits per heavy atom.